The van der Waals surface area contributed by atoms with Crippen molar-refractivity contribution < 1.29 is 23.7 Å². The van der Waals surface area contributed by atoms with E-state index in [1.54, 1.807) is 0 Å². The number of hydrogen-bond donors (Lipinski definition) is 0. The third kappa shape index (κ3) is 4.28. The standard InChI is InChI=1S/C25H41NO5/c1-15(2)11-24-12-16(3)10-19(28-24)21-20(29-24)13-25(30-21)18(5)9-17(4)14-26(25)22(27)31-23(6,7)8/h16-21H,1,9-14H2,2-8H3/t16-,17+,18-,19-,20+,21+,24-,25-/m0/s1. The number of carbonyl (C=O) groups excluding carboxylic acids is 1. The van der Waals surface area contributed by atoms with Crippen LogP contribution >= 0.6 is 0 Å². The highest BCUT2D eigenvalue weighted by Gasteiger charge is 2.64. The van der Waals surface area contributed by atoms with Crippen LogP contribution in [0.2, 0.25) is 0 Å². The molecule has 4 aliphatic rings. The Kier molecular flexibility index (Phi) is 5.76. The van der Waals surface area contributed by atoms with Gasteiger partial charge in [-0.1, -0.05) is 32.9 Å². The molecule has 4 heterocycles. The zero-order valence-corrected chi connectivity index (χ0v) is 20.4. The topological polar surface area (TPSA) is 57.2 Å². The minimum absolute atomic E-state index is 0.0201. The first-order valence-electron chi connectivity index (χ1n) is 12.0. The number of carbonyl (C=O) groups is 1. The second-order valence-corrected chi connectivity index (χ2v) is 11.9. The fraction of sp³-hybridized carbons (Fsp3) is 0.880. The Hall–Kier alpha value is -1.11. The van der Waals surface area contributed by atoms with Gasteiger partial charge in [0.1, 0.15) is 11.7 Å². The molecule has 0 N–H and O–H groups in total. The number of rotatable bonds is 2. The lowest BCUT2D eigenvalue weighted by atomic mass is 9.79. The Balaban J connectivity index is 1.65. The summed E-state index contributed by atoms with van der Waals surface area (Å²) in [5, 5.41) is 0. The molecular formula is C25H41NO5. The Bertz CT molecular complexity index is 732. The number of likely N-dealkylation sites (tertiary alicyclic amines) is 1. The number of hydrogen-bond acceptors (Lipinski definition) is 5. The van der Waals surface area contributed by atoms with Gasteiger partial charge in [-0.05, 0) is 52.4 Å². The predicted octanol–water partition coefficient (Wildman–Crippen LogP) is 5.26. The van der Waals surface area contributed by atoms with Gasteiger partial charge in [0, 0.05) is 31.7 Å². The Morgan fingerprint density at radius 3 is 2.39 bits per heavy atom. The highest BCUT2D eigenvalue weighted by Crippen LogP contribution is 2.54. The van der Waals surface area contributed by atoms with Gasteiger partial charge in [0.2, 0.25) is 0 Å². The normalized spacial score (nSPS) is 44.8. The lowest BCUT2D eigenvalue weighted by molar-refractivity contribution is -0.365. The van der Waals surface area contributed by atoms with Gasteiger partial charge in [-0.3, -0.25) is 4.90 Å². The quantitative estimate of drug-likeness (QED) is 0.554. The predicted molar refractivity (Wildman–Crippen MR) is 118 cm³/mol. The molecule has 1 amide bonds. The van der Waals surface area contributed by atoms with Crippen molar-refractivity contribution in [3.63, 3.8) is 0 Å². The van der Waals surface area contributed by atoms with Crippen molar-refractivity contribution in [2.24, 2.45) is 17.8 Å². The maximum Gasteiger partial charge on any atom is 0.412 e. The highest BCUT2D eigenvalue weighted by molar-refractivity contribution is 5.69. The van der Waals surface area contributed by atoms with Crippen molar-refractivity contribution in [1.29, 1.82) is 0 Å². The van der Waals surface area contributed by atoms with Crippen LogP contribution < -0.4 is 0 Å². The van der Waals surface area contributed by atoms with Crippen LogP contribution in [0.15, 0.2) is 12.2 Å². The highest BCUT2D eigenvalue weighted by atomic mass is 16.7. The smallest absolute Gasteiger partial charge is 0.412 e. The van der Waals surface area contributed by atoms with E-state index in [0.29, 0.717) is 31.2 Å². The molecule has 0 aromatic rings. The lowest BCUT2D eigenvalue weighted by Crippen LogP contribution is -2.62. The van der Waals surface area contributed by atoms with Crippen LogP contribution in [0.5, 0.6) is 0 Å². The van der Waals surface area contributed by atoms with Crippen molar-refractivity contribution in [1.82, 2.24) is 4.90 Å². The van der Waals surface area contributed by atoms with Crippen molar-refractivity contribution in [2.45, 2.75) is 116 Å². The molecule has 4 saturated heterocycles. The van der Waals surface area contributed by atoms with Crippen LogP contribution in [-0.4, -0.2) is 53.0 Å². The summed E-state index contributed by atoms with van der Waals surface area (Å²) in [6.45, 7) is 19.2. The molecule has 0 saturated carbocycles. The van der Waals surface area contributed by atoms with Gasteiger partial charge in [0.25, 0.3) is 0 Å². The first-order valence-corrected chi connectivity index (χ1v) is 12.0. The largest absolute Gasteiger partial charge is 0.444 e. The van der Waals surface area contributed by atoms with E-state index < -0.39 is 17.1 Å². The summed E-state index contributed by atoms with van der Waals surface area (Å²) in [6, 6.07) is 0. The van der Waals surface area contributed by atoms with Crippen molar-refractivity contribution in [3.8, 4) is 0 Å². The SMILES string of the molecule is C=C(C)C[C@]12C[C@@H](C)C[C@H](O1)[C@H]1O[C@@]3(C[C@H]1O2)[C@@H](C)C[C@@H](C)CN3C(=O)OC(C)(C)C. The maximum atomic E-state index is 13.3. The number of nitrogens with zero attached hydrogens (tertiary/aromatic N) is 1. The molecule has 8 atom stereocenters. The second kappa shape index (κ2) is 7.74. The van der Waals surface area contributed by atoms with E-state index in [2.05, 4.69) is 27.4 Å². The van der Waals surface area contributed by atoms with Gasteiger partial charge in [-0.2, -0.15) is 0 Å². The van der Waals surface area contributed by atoms with Gasteiger partial charge in [-0.15, -0.1) is 0 Å². The van der Waals surface area contributed by atoms with Gasteiger partial charge >= 0.3 is 6.09 Å². The molecule has 4 rings (SSSR count). The van der Waals surface area contributed by atoms with Gasteiger partial charge in [0.05, 0.1) is 12.2 Å². The number of ether oxygens (including phenoxy) is 4. The molecule has 1 spiro atoms. The van der Waals surface area contributed by atoms with Gasteiger partial charge in [-0.25, -0.2) is 4.79 Å². The van der Waals surface area contributed by atoms with E-state index in [1.807, 2.05) is 32.6 Å². The summed E-state index contributed by atoms with van der Waals surface area (Å²) in [6.07, 6.45) is 3.63. The summed E-state index contributed by atoms with van der Waals surface area (Å²) in [4.78, 5) is 15.2. The van der Waals surface area contributed by atoms with Crippen LogP contribution in [0.4, 0.5) is 4.79 Å². The van der Waals surface area contributed by atoms with E-state index >= 15 is 0 Å². The monoisotopic (exact) mass is 435 g/mol. The first-order chi connectivity index (χ1) is 14.3. The molecule has 31 heavy (non-hydrogen) atoms. The Morgan fingerprint density at radius 2 is 1.74 bits per heavy atom. The molecule has 4 aliphatic heterocycles. The second-order valence-electron chi connectivity index (χ2n) is 11.9. The van der Waals surface area contributed by atoms with Crippen LogP contribution in [0.1, 0.15) is 80.6 Å². The zero-order valence-electron chi connectivity index (χ0n) is 20.4. The summed E-state index contributed by atoms with van der Waals surface area (Å²) < 4.78 is 25.9. The van der Waals surface area contributed by atoms with E-state index in [1.165, 1.54) is 0 Å². The van der Waals surface area contributed by atoms with Gasteiger partial charge < -0.3 is 18.9 Å². The molecule has 6 heteroatoms. The third-order valence-corrected chi connectivity index (χ3v) is 7.26. The fourth-order valence-corrected chi connectivity index (χ4v) is 6.37. The summed E-state index contributed by atoms with van der Waals surface area (Å²) in [5.41, 5.74) is -0.196. The van der Waals surface area contributed by atoms with Crippen molar-refractivity contribution >= 4 is 6.09 Å². The van der Waals surface area contributed by atoms with E-state index in [0.717, 1.165) is 24.8 Å². The minimum Gasteiger partial charge on any atom is -0.444 e. The maximum absolute atomic E-state index is 13.3. The lowest BCUT2D eigenvalue weighted by Gasteiger charge is -2.52. The summed E-state index contributed by atoms with van der Waals surface area (Å²) >= 11 is 0. The first kappa shape index (κ1) is 23.1. The Morgan fingerprint density at radius 1 is 1.06 bits per heavy atom. The summed E-state index contributed by atoms with van der Waals surface area (Å²) in [7, 11) is 0. The number of amides is 1. The minimum atomic E-state index is -0.710. The molecular weight excluding hydrogens is 394 g/mol. The molecule has 0 radical (unpaired) electrons. The average Bonchev–Trinajstić information content (AvgIpc) is 2.95. The van der Waals surface area contributed by atoms with Crippen LogP contribution in [0, 0.1) is 17.8 Å². The van der Waals surface area contributed by atoms with Crippen molar-refractivity contribution in [2.75, 3.05) is 6.54 Å². The molecule has 0 aliphatic carbocycles. The Labute approximate surface area is 187 Å². The third-order valence-electron chi connectivity index (χ3n) is 7.26. The van der Waals surface area contributed by atoms with Gasteiger partial charge in [0.15, 0.2) is 11.5 Å². The van der Waals surface area contributed by atoms with E-state index in [9.17, 15) is 4.79 Å². The molecule has 6 nitrogen and oxygen atoms in total. The van der Waals surface area contributed by atoms with Crippen molar-refractivity contribution in [3.05, 3.63) is 12.2 Å². The molecule has 0 aromatic heterocycles. The molecule has 0 unspecified atom stereocenters. The average molecular weight is 436 g/mol. The summed E-state index contributed by atoms with van der Waals surface area (Å²) in [5.74, 6) is 0.453. The molecule has 176 valence electrons. The number of piperidine rings is 1. The zero-order chi connectivity index (χ0) is 22.8. The van der Waals surface area contributed by atoms with E-state index in [4.69, 9.17) is 18.9 Å². The van der Waals surface area contributed by atoms with Crippen LogP contribution in [0.3, 0.4) is 0 Å². The number of fused-ring (bicyclic) bond motifs is 4. The van der Waals surface area contributed by atoms with E-state index in [-0.39, 0.29) is 30.3 Å². The fourth-order valence-electron chi connectivity index (χ4n) is 6.37. The van der Waals surface area contributed by atoms with Crippen LogP contribution in [-0.2, 0) is 18.9 Å². The molecule has 2 bridgehead atoms. The molecule has 0 aromatic carbocycles. The molecule has 4 fully saturated rings. The van der Waals surface area contributed by atoms with Crippen LogP contribution in [0.25, 0.3) is 0 Å².